The Balaban J connectivity index is 1.34. The number of amides is 2. The maximum absolute atomic E-state index is 13.1. The number of thioether (sulfide) groups is 1. The highest BCUT2D eigenvalue weighted by Gasteiger charge is 2.37. The van der Waals surface area contributed by atoms with E-state index in [0.29, 0.717) is 28.8 Å². The average Bonchev–Trinajstić information content (AvgIpc) is 3.36. The summed E-state index contributed by atoms with van der Waals surface area (Å²) < 4.78 is 13.7. The molecule has 5 rings (SSSR count). The Labute approximate surface area is 224 Å². The van der Waals surface area contributed by atoms with Crippen LogP contribution in [0.3, 0.4) is 0 Å². The van der Waals surface area contributed by atoms with Crippen LogP contribution in [0.2, 0.25) is 5.02 Å². The highest BCUT2D eigenvalue weighted by molar-refractivity contribution is 8.19. The van der Waals surface area contributed by atoms with E-state index in [1.54, 1.807) is 30.3 Å². The molecule has 1 aliphatic rings. The van der Waals surface area contributed by atoms with Gasteiger partial charge in [0.05, 0.1) is 28.3 Å². The molecule has 1 saturated heterocycles. The molecule has 4 aromatic rings. The fourth-order valence-electron chi connectivity index (χ4n) is 4.17. The number of halogens is 1. The van der Waals surface area contributed by atoms with E-state index in [1.807, 2.05) is 68.6 Å². The summed E-state index contributed by atoms with van der Waals surface area (Å²) in [6, 6.07) is 22.4. The van der Waals surface area contributed by atoms with E-state index < -0.39 is 0 Å². The first-order chi connectivity index (χ1) is 17.9. The van der Waals surface area contributed by atoms with Gasteiger partial charge in [-0.15, -0.1) is 0 Å². The second kappa shape index (κ2) is 10.7. The number of fused-ring (bicyclic) bond motifs is 1. The second-order valence-corrected chi connectivity index (χ2v) is 10.2. The molecule has 0 unspecified atom stereocenters. The second-order valence-electron chi connectivity index (χ2n) is 8.75. The fraction of sp³-hybridized carbons (Fsp3) is 0.172. The SMILES string of the molecule is CC(C)Oc1ccc(OCCn2cc(/C=C3\SC(=O)N(c4ccccc4Cl)C3=O)c3ccccc32)cc1. The van der Waals surface area contributed by atoms with Gasteiger partial charge in [-0.05, 0) is 74.1 Å². The van der Waals surface area contributed by atoms with Crippen molar-refractivity contribution in [2.24, 2.45) is 0 Å². The molecule has 3 aromatic carbocycles. The van der Waals surface area contributed by atoms with E-state index in [9.17, 15) is 9.59 Å². The summed E-state index contributed by atoms with van der Waals surface area (Å²) in [5.74, 6) is 1.19. The smallest absolute Gasteiger partial charge is 0.298 e. The van der Waals surface area contributed by atoms with Gasteiger partial charge in [0.25, 0.3) is 11.1 Å². The van der Waals surface area contributed by atoms with Gasteiger partial charge in [0.15, 0.2) is 0 Å². The minimum absolute atomic E-state index is 0.119. The molecule has 37 heavy (non-hydrogen) atoms. The molecule has 1 aromatic heterocycles. The normalized spacial score (nSPS) is 14.8. The van der Waals surface area contributed by atoms with Crippen LogP contribution >= 0.6 is 23.4 Å². The number of nitrogens with zero attached hydrogens (tertiary/aromatic N) is 2. The predicted octanol–water partition coefficient (Wildman–Crippen LogP) is 7.40. The Hall–Kier alpha value is -3.68. The standard InChI is InChI=1S/C29H25ClN2O4S/c1-19(2)36-22-13-11-21(12-14-22)35-16-15-31-18-20(23-7-3-5-9-25(23)31)17-27-28(33)32(29(34)37-27)26-10-6-4-8-24(26)30/h3-14,17-19H,15-16H2,1-2H3/b27-17-. The van der Waals surface area contributed by atoms with Gasteiger partial charge in [0.1, 0.15) is 18.1 Å². The first-order valence-corrected chi connectivity index (χ1v) is 13.1. The maximum Gasteiger partial charge on any atom is 0.298 e. The summed E-state index contributed by atoms with van der Waals surface area (Å²) in [6.45, 7) is 5.05. The zero-order valence-electron chi connectivity index (χ0n) is 20.4. The predicted molar refractivity (Wildman–Crippen MR) is 150 cm³/mol. The van der Waals surface area contributed by atoms with Crippen molar-refractivity contribution in [1.82, 2.24) is 4.57 Å². The molecule has 0 radical (unpaired) electrons. The number of imide groups is 1. The third kappa shape index (κ3) is 5.38. The summed E-state index contributed by atoms with van der Waals surface area (Å²) in [4.78, 5) is 27.3. The number of anilines is 1. The monoisotopic (exact) mass is 532 g/mol. The summed E-state index contributed by atoms with van der Waals surface area (Å²) in [7, 11) is 0. The quantitative estimate of drug-likeness (QED) is 0.221. The van der Waals surface area contributed by atoms with Crippen LogP contribution in [0.15, 0.2) is 83.9 Å². The first-order valence-electron chi connectivity index (χ1n) is 11.9. The van der Waals surface area contributed by atoms with Crippen molar-refractivity contribution in [1.29, 1.82) is 0 Å². The Morgan fingerprint density at radius 1 is 0.946 bits per heavy atom. The zero-order valence-corrected chi connectivity index (χ0v) is 22.0. The molecule has 0 spiro atoms. The Morgan fingerprint density at radius 3 is 2.41 bits per heavy atom. The van der Waals surface area contributed by atoms with Crippen LogP contribution in [0, 0.1) is 0 Å². The molecule has 2 heterocycles. The number of benzene rings is 3. The number of hydrogen-bond donors (Lipinski definition) is 0. The highest BCUT2D eigenvalue weighted by atomic mass is 35.5. The van der Waals surface area contributed by atoms with Gasteiger partial charge < -0.3 is 14.0 Å². The molecular formula is C29H25ClN2O4S. The lowest BCUT2D eigenvalue weighted by Crippen LogP contribution is -2.27. The van der Waals surface area contributed by atoms with E-state index in [-0.39, 0.29) is 17.3 Å². The van der Waals surface area contributed by atoms with E-state index in [4.69, 9.17) is 21.1 Å². The number of hydrogen-bond acceptors (Lipinski definition) is 5. The van der Waals surface area contributed by atoms with Crippen molar-refractivity contribution in [2.45, 2.75) is 26.5 Å². The average molecular weight is 533 g/mol. The highest BCUT2D eigenvalue weighted by Crippen LogP contribution is 2.39. The molecular weight excluding hydrogens is 508 g/mol. The molecule has 6 nitrogen and oxygen atoms in total. The Morgan fingerprint density at radius 2 is 1.65 bits per heavy atom. The van der Waals surface area contributed by atoms with Gasteiger partial charge in [-0.2, -0.15) is 0 Å². The molecule has 8 heteroatoms. The van der Waals surface area contributed by atoms with E-state index in [1.165, 1.54) is 0 Å². The van der Waals surface area contributed by atoms with E-state index in [0.717, 1.165) is 44.6 Å². The maximum atomic E-state index is 13.1. The number of aromatic nitrogens is 1. The van der Waals surface area contributed by atoms with Crippen LogP contribution in [0.4, 0.5) is 10.5 Å². The molecule has 0 saturated carbocycles. The minimum atomic E-state index is -0.381. The number of ether oxygens (including phenoxy) is 2. The summed E-state index contributed by atoms with van der Waals surface area (Å²) in [5.41, 5.74) is 2.26. The van der Waals surface area contributed by atoms with Crippen LogP contribution in [0.25, 0.3) is 17.0 Å². The van der Waals surface area contributed by atoms with Crippen molar-refractivity contribution in [2.75, 3.05) is 11.5 Å². The summed E-state index contributed by atoms with van der Waals surface area (Å²) in [5, 5.41) is 0.971. The van der Waals surface area contributed by atoms with E-state index in [2.05, 4.69) is 4.57 Å². The van der Waals surface area contributed by atoms with E-state index >= 15 is 0 Å². The first kappa shape index (κ1) is 25.0. The van der Waals surface area contributed by atoms with Crippen molar-refractivity contribution in [3.05, 3.63) is 94.5 Å². The third-order valence-electron chi connectivity index (χ3n) is 5.79. The minimum Gasteiger partial charge on any atom is -0.492 e. The summed E-state index contributed by atoms with van der Waals surface area (Å²) >= 11 is 7.16. The molecule has 0 atom stereocenters. The Kier molecular flexibility index (Phi) is 7.26. The van der Waals surface area contributed by atoms with Gasteiger partial charge in [0.2, 0.25) is 0 Å². The molecule has 0 N–H and O–H groups in total. The van der Waals surface area contributed by atoms with Crippen LogP contribution in [-0.4, -0.2) is 28.4 Å². The zero-order chi connectivity index (χ0) is 25.9. The lowest BCUT2D eigenvalue weighted by atomic mass is 10.1. The lowest BCUT2D eigenvalue weighted by Gasteiger charge is -2.13. The van der Waals surface area contributed by atoms with Crippen molar-refractivity contribution in [3.8, 4) is 11.5 Å². The van der Waals surface area contributed by atoms with Crippen molar-refractivity contribution in [3.63, 3.8) is 0 Å². The van der Waals surface area contributed by atoms with Crippen LogP contribution in [0.5, 0.6) is 11.5 Å². The van der Waals surface area contributed by atoms with Crippen LogP contribution < -0.4 is 14.4 Å². The van der Waals surface area contributed by atoms with Crippen LogP contribution in [-0.2, 0) is 11.3 Å². The summed E-state index contributed by atoms with van der Waals surface area (Å²) in [6.07, 6.45) is 3.87. The number of para-hydroxylation sites is 2. The van der Waals surface area contributed by atoms with Gasteiger partial charge in [-0.1, -0.05) is 41.9 Å². The topological polar surface area (TPSA) is 60.8 Å². The van der Waals surface area contributed by atoms with Crippen LogP contribution in [0.1, 0.15) is 19.4 Å². The van der Waals surface area contributed by atoms with Gasteiger partial charge in [0, 0.05) is 22.7 Å². The molecule has 188 valence electrons. The van der Waals surface area contributed by atoms with Crippen molar-refractivity contribution < 1.29 is 19.1 Å². The van der Waals surface area contributed by atoms with Gasteiger partial charge >= 0.3 is 0 Å². The molecule has 2 amide bonds. The number of carbonyl (C=O) groups is 2. The number of rotatable bonds is 8. The van der Waals surface area contributed by atoms with Gasteiger partial charge in [-0.3, -0.25) is 9.59 Å². The Bertz CT molecular complexity index is 1490. The lowest BCUT2D eigenvalue weighted by molar-refractivity contribution is -0.113. The largest absolute Gasteiger partial charge is 0.492 e. The van der Waals surface area contributed by atoms with Gasteiger partial charge in [-0.25, -0.2) is 4.90 Å². The third-order valence-corrected chi connectivity index (χ3v) is 6.98. The molecule has 0 aliphatic carbocycles. The molecule has 1 fully saturated rings. The number of carbonyl (C=O) groups excluding carboxylic acids is 2. The van der Waals surface area contributed by atoms with Crippen molar-refractivity contribution >= 4 is 57.2 Å². The molecule has 0 bridgehead atoms. The molecule has 1 aliphatic heterocycles. The fourth-order valence-corrected chi connectivity index (χ4v) is 5.22.